The van der Waals surface area contributed by atoms with Crippen molar-refractivity contribution in [2.45, 2.75) is 19.4 Å². The van der Waals surface area contributed by atoms with Crippen molar-refractivity contribution < 1.29 is 13.5 Å². The molecule has 1 aliphatic heterocycles. The van der Waals surface area contributed by atoms with Crippen molar-refractivity contribution in [2.24, 2.45) is 12.0 Å². The van der Waals surface area contributed by atoms with Gasteiger partial charge < -0.3 is 15.7 Å². The molecule has 1 atom stereocenters. The maximum Gasteiger partial charge on any atom is 0.191 e. The predicted octanol–water partition coefficient (Wildman–Crippen LogP) is -1.09. The van der Waals surface area contributed by atoms with E-state index in [1.54, 1.807) is 31.0 Å². The molecule has 0 aliphatic carbocycles. The van der Waals surface area contributed by atoms with Crippen molar-refractivity contribution in [3.8, 4) is 0 Å². The average molecular weight is 387 g/mol. The molecule has 0 amide bonds. The topological polar surface area (TPSA) is 112 Å². The zero-order valence-corrected chi connectivity index (χ0v) is 16.6. The Morgan fingerprint density at radius 1 is 1.38 bits per heavy atom. The van der Waals surface area contributed by atoms with Gasteiger partial charge in [0.05, 0.1) is 24.2 Å². The molecule has 2 heterocycles. The molecule has 1 aromatic heterocycles. The van der Waals surface area contributed by atoms with Gasteiger partial charge in [-0.15, -0.1) is 0 Å². The molecule has 1 fully saturated rings. The number of nitrogens with zero attached hydrogens (tertiary/aromatic N) is 4. The fraction of sp³-hybridized carbons (Fsp3) is 0.750. The van der Waals surface area contributed by atoms with Crippen LogP contribution in [0.3, 0.4) is 0 Å². The summed E-state index contributed by atoms with van der Waals surface area (Å²) < 4.78 is 24.6. The summed E-state index contributed by atoms with van der Waals surface area (Å²) >= 11 is 0. The van der Waals surface area contributed by atoms with Crippen LogP contribution in [-0.4, -0.2) is 84.9 Å². The second-order valence-electron chi connectivity index (χ2n) is 6.79. The number of sulfone groups is 1. The van der Waals surface area contributed by atoms with Gasteiger partial charge in [0, 0.05) is 51.5 Å². The Balaban J connectivity index is 1.84. The van der Waals surface area contributed by atoms with Gasteiger partial charge in [-0.25, -0.2) is 13.4 Å². The van der Waals surface area contributed by atoms with Gasteiger partial charge in [0.15, 0.2) is 15.8 Å². The van der Waals surface area contributed by atoms with Gasteiger partial charge in [0.25, 0.3) is 0 Å². The van der Waals surface area contributed by atoms with E-state index >= 15 is 0 Å². The van der Waals surface area contributed by atoms with Gasteiger partial charge in [0.1, 0.15) is 5.60 Å². The number of nitrogens with one attached hydrogen (secondary N) is 2. The normalized spacial score (nSPS) is 20.5. The van der Waals surface area contributed by atoms with E-state index in [0.717, 1.165) is 6.54 Å². The van der Waals surface area contributed by atoms with Crippen LogP contribution < -0.4 is 10.6 Å². The van der Waals surface area contributed by atoms with E-state index in [0.29, 0.717) is 37.7 Å². The highest BCUT2D eigenvalue weighted by Gasteiger charge is 2.25. The van der Waals surface area contributed by atoms with Crippen LogP contribution in [0.4, 0.5) is 0 Å². The SMILES string of the molecule is CCNC(=NCC(C)(O)c1cnn(C)c1)NCCN1CCS(=O)(=O)CC1. The van der Waals surface area contributed by atoms with Crippen molar-refractivity contribution in [3.63, 3.8) is 0 Å². The summed E-state index contributed by atoms with van der Waals surface area (Å²) in [5, 5.41) is 21.1. The number of hydrogen-bond acceptors (Lipinski definition) is 6. The maximum atomic E-state index is 11.5. The summed E-state index contributed by atoms with van der Waals surface area (Å²) in [4.78, 5) is 6.60. The van der Waals surface area contributed by atoms with E-state index in [9.17, 15) is 13.5 Å². The van der Waals surface area contributed by atoms with Crippen LogP contribution in [0.5, 0.6) is 0 Å². The molecule has 1 aromatic rings. The van der Waals surface area contributed by atoms with Crippen LogP contribution in [-0.2, 0) is 22.5 Å². The summed E-state index contributed by atoms with van der Waals surface area (Å²) in [6.45, 7) is 7.16. The summed E-state index contributed by atoms with van der Waals surface area (Å²) in [7, 11) is -1.04. The molecule has 0 aromatic carbocycles. The summed E-state index contributed by atoms with van der Waals surface area (Å²) in [6, 6.07) is 0. The molecular formula is C16H30N6O3S. The molecule has 1 saturated heterocycles. The molecule has 26 heavy (non-hydrogen) atoms. The van der Waals surface area contributed by atoms with Crippen LogP contribution in [0.1, 0.15) is 19.4 Å². The Kier molecular flexibility index (Phi) is 7.01. The fourth-order valence-electron chi connectivity index (χ4n) is 2.67. The lowest BCUT2D eigenvalue weighted by Gasteiger charge is -2.27. The monoisotopic (exact) mass is 386 g/mol. The number of guanidine groups is 1. The van der Waals surface area contributed by atoms with Crippen molar-refractivity contribution in [2.75, 3.05) is 50.8 Å². The lowest BCUT2D eigenvalue weighted by molar-refractivity contribution is 0.0672. The molecule has 1 unspecified atom stereocenters. The Bertz CT molecular complexity index is 699. The van der Waals surface area contributed by atoms with E-state index in [1.807, 2.05) is 6.92 Å². The van der Waals surface area contributed by atoms with Crippen molar-refractivity contribution >= 4 is 15.8 Å². The second-order valence-corrected chi connectivity index (χ2v) is 9.10. The number of aliphatic hydroxyl groups is 1. The highest BCUT2D eigenvalue weighted by molar-refractivity contribution is 7.91. The first-order valence-electron chi connectivity index (χ1n) is 8.88. The number of aromatic nitrogens is 2. The van der Waals surface area contributed by atoms with Crippen LogP contribution >= 0.6 is 0 Å². The van der Waals surface area contributed by atoms with Crippen LogP contribution in [0.25, 0.3) is 0 Å². The van der Waals surface area contributed by atoms with Gasteiger partial charge in [-0.3, -0.25) is 9.58 Å². The third kappa shape index (κ3) is 6.26. The van der Waals surface area contributed by atoms with Crippen molar-refractivity contribution in [1.29, 1.82) is 0 Å². The minimum absolute atomic E-state index is 0.204. The van der Waals surface area contributed by atoms with Crippen LogP contribution in [0.15, 0.2) is 17.4 Å². The van der Waals surface area contributed by atoms with E-state index in [4.69, 9.17) is 0 Å². The molecule has 10 heteroatoms. The Hall–Kier alpha value is -1.65. The van der Waals surface area contributed by atoms with Crippen LogP contribution in [0.2, 0.25) is 0 Å². The minimum atomic E-state index is -2.85. The third-order valence-electron chi connectivity index (χ3n) is 4.37. The second kappa shape index (κ2) is 8.83. The Morgan fingerprint density at radius 3 is 2.65 bits per heavy atom. The molecule has 9 nitrogen and oxygen atoms in total. The van der Waals surface area contributed by atoms with Gasteiger partial charge in [0.2, 0.25) is 0 Å². The predicted molar refractivity (Wildman–Crippen MR) is 102 cm³/mol. The van der Waals surface area contributed by atoms with Gasteiger partial charge >= 0.3 is 0 Å². The number of aliphatic imine (C=N–C) groups is 1. The highest BCUT2D eigenvalue weighted by atomic mass is 32.2. The van der Waals surface area contributed by atoms with Crippen molar-refractivity contribution in [3.05, 3.63) is 18.0 Å². The summed E-state index contributed by atoms with van der Waals surface area (Å²) in [6.07, 6.45) is 3.42. The zero-order valence-electron chi connectivity index (χ0n) is 15.8. The van der Waals surface area contributed by atoms with Gasteiger partial charge in [-0.05, 0) is 13.8 Å². The lowest BCUT2D eigenvalue weighted by atomic mass is 10.0. The standard InChI is InChI=1S/C16H30N6O3S/c1-4-17-15(18-5-6-22-7-9-26(24,25)10-8-22)19-13-16(2,23)14-11-20-21(3)12-14/h11-12,23H,4-10,13H2,1-3H3,(H2,17,18,19). The van der Waals surface area contributed by atoms with E-state index in [1.165, 1.54) is 0 Å². The molecule has 0 spiro atoms. The molecule has 148 valence electrons. The third-order valence-corrected chi connectivity index (χ3v) is 5.98. The van der Waals surface area contributed by atoms with E-state index in [-0.39, 0.29) is 18.1 Å². The quantitative estimate of drug-likeness (QED) is 0.403. The first-order valence-corrected chi connectivity index (χ1v) is 10.7. The summed E-state index contributed by atoms with van der Waals surface area (Å²) in [5.41, 5.74) is -0.383. The smallest absolute Gasteiger partial charge is 0.191 e. The first-order chi connectivity index (χ1) is 12.2. The lowest BCUT2D eigenvalue weighted by Crippen LogP contribution is -2.46. The molecule has 0 bridgehead atoms. The Morgan fingerprint density at radius 2 is 2.08 bits per heavy atom. The number of rotatable bonds is 7. The summed E-state index contributed by atoms with van der Waals surface area (Å²) in [5.74, 6) is 1.09. The van der Waals surface area contributed by atoms with Gasteiger partial charge in [-0.2, -0.15) is 5.10 Å². The number of hydrogen-bond donors (Lipinski definition) is 3. The Labute approximate surface area is 155 Å². The zero-order chi connectivity index (χ0) is 19.2. The molecule has 0 saturated carbocycles. The highest BCUT2D eigenvalue weighted by Crippen LogP contribution is 2.19. The number of aryl methyl sites for hydroxylation is 1. The van der Waals surface area contributed by atoms with Gasteiger partial charge in [-0.1, -0.05) is 0 Å². The molecular weight excluding hydrogens is 356 g/mol. The van der Waals surface area contributed by atoms with Crippen LogP contribution in [0, 0.1) is 0 Å². The van der Waals surface area contributed by atoms with E-state index < -0.39 is 15.4 Å². The average Bonchev–Trinajstić information content (AvgIpc) is 3.01. The van der Waals surface area contributed by atoms with E-state index in [2.05, 4.69) is 25.6 Å². The molecule has 2 rings (SSSR count). The maximum absolute atomic E-state index is 11.5. The molecule has 3 N–H and O–H groups in total. The molecule has 1 aliphatic rings. The largest absolute Gasteiger partial charge is 0.383 e. The van der Waals surface area contributed by atoms with Crippen molar-refractivity contribution in [1.82, 2.24) is 25.3 Å². The minimum Gasteiger partial charge on any atom is -0.383 e. The first kappa shape index (κ1) is 20.7. The fourth-order valence-corrected chi connectivity index (χ4v) is 3.95. The molecule has 0 radical (unpaired) electrons.